The van der Waals surface area contributed by atoms with Crippen LogP contribution < -0.4 is 15.4 Å². The van der Waals surface area contributed by atoms with Gasteiger partial charge in [-0.1, -0.05) is 34.1 Å². The minimum absolute atomic E-state index is 0.0389. The molecule has 0 saturated carbocycles. The van der Waals surface area contributed by atoms with Crippen LogP contribution >= 0.6 is 27.3 Å². The van der Waals surface area contributed by atoms with E-state index in [0.29, 0.717) is 16.1 Å². The van der Waals surface area contributed by atoms with Gasteiger partial charge in [0.2, 0.25) is 0 Å². The van der Waals surface area contributed by atoms with E-state index in [9.17, 15) is 36.6 Å². The number of aromatic nitrogens is 1. The lowest BCUT2D eigenvalue weighted by molar-refractivity contribution is -0.137. The highest BCUT2D eigenvalue weighted by Gasteiger charge is 2.30. The summed E-state index contributed by atoms with van der Waals surface area (Å²) in [6.07, 6.45) is -5.89. The second-order valence-electron chi connectivity index (χ2n) is 10.7. The van der Waals surface area contributed by atoms with E-state index < -0.39 is 48.0 Å². The number of aliphatic hydroxyl groups excluding tert-OH is 1. The van der Waals surface area contributed by atoms with E-state index in [2.05, 4.69) is 31.5 Å². The van der Waals surface area contributed by atoms with Crippen molar-refractivity contribution in [2.24, 2.45) is 0 Å². The molecule has 4 aromatic rings. The molecule has 0 bridgehead atoms. The molecule has 0 aliphatic heterocycles. The molecule has 250 valence electrons. The topological polar surface area (TPSA) is 104 Å². The predicted molar refractivity (Wildman–Crippen MR) is 169 cm³/mol. The van der Waals surface area contributed by atoms with Gasteiger partial charge in [0, 0.05) is 65.0 Å². The Balaban J connectivity index is 1.48. The van der Waals surface area contributed by atoms with Crippen LogP contribution in [0, 0.1) is 18.6 Å². The molecule has 8 nitrogen and oxygen atoms in total. The van der Waals surface area contributed by atoms with Crippen LogP contribution in [-0.2, 0) is 19.3 Å². The summed E-state index contributed by atoms with van der Waals surface area (Å²) in [6.45, 7) is 1.43. The van der Waals surface area contributed by atoms with Crippen LogP contribution in [0.2, 0.25) is 0 Å². The molecule has 0 aliphatic carbocycles. The normalized spacial score (nSPS) is 12.8. The van der Waals surface area contributed by atoms with E-state index in [1.807, 2.05) is 12.3 Å². The maximum Gasteiger partial charge on any atom is 0.416 e. The molecule has 1 heterocycles. The molecule has 15 heteroatoms. The molecule has 0 radical (unpaired) electrons. The number of hydrogen-bond donors (Lipinski definition) is 3. The Kier molecular flexibility index (Phi) is 12.1. The molecule has 0 spiro atoms. The van der Waals surface area contributed by atoms with Gasteiger partial charge in [0.05, 0.1) is 24.3 Å². The van der Waals surface area contributed by atoms with E-state index in [4.69, 9.17) is 4.74 Å². The Morgan fingerprint density at radius 2 is 1.77 bits per heavy atom. The SMILES string of the molecule is Cc1csc(CN(C)C(=O)c2cc(Br)cc(C(=O)N[C@@H](COc3cc(F)cc(F)c3)[C@H](O)CNCc3cccc(C(F)(F)F)c3)c2)n1. The maximum atomic E-state index is 13.7. The summed E-state index contributed by atoms with van der Waals surface area (Å²) in [6, 6.07) is 10.4. The van der Waals surface area contributed by atoms with E-state index >= 15 is 0 Å². The second kappa shape index (κ2) is 15.8. The molecule has 2 amide bonds. The number of alkyl halides is 3. The first-order valence-corrected chi connectivity index (χ1v) is 15.8. The molecule has 47 heavy (non-hydrogen) atoms. The number of aliphatic hydroxyl groups is 1. The average molecular weight is 742 g/mol. The van der Waals surface area contributed by atoms with Crippen molar-refractivity contribution in [1.29, 1.82) is 0 Å². The third kappa shape index (κ3) is 10.5. The summed E-state index contributed by atoms with van der Waals surface area (Å²) in [5, 5.41) is 19.1. The molecule has 0 saturated heterocycles. The van der Waals surface area contributed by atoms with Gasteiger partial charge in [0.1, 0.15) is 29.0 Å². The van der Waals surface area contributed by atoms with Crippen LogP contribution in [0.1, 0.15) is 42.5 Å². The van der Waals surface area contributed by atoms with Gasteiger partial charge in [0.25, 0.3) is 11.8 Å². The zero-order valence-electron chi connectivity index (χ0n) is 25.1. The quantitative estimate of drug-likeness (QED) is 0.143. The fourth-order valence-electron chi connectivity index (χ4n) is 4.48. The van der Waals surface area contributed by atoms with Crippen LogP contribution in [0.25, 0.3) is 0 Å². The van der Waals surface area contributed by atoms with Crippen molar-refractivity contribution in [3.63, 3.8) is 0 Å². The molecule has 2 atom stereocenters. The van der Waals surface area contributed by atoms with Crippen LogP contribution in [0.3, 0.4) is 0 Å². The van der Waals surface area contributed by atoms with Crippen molar-refractivity contribution in [3.05, 3.63) is 115 Å². The maximum absolute atomic E-state index is 13.7. The zero-order valence-corrected chi connectivity index (χ0v) is 27.5. The zero-order chi connectivity index (χ0) is 34.3. The summed E-state index contributed by atoms with van der Waals surface area (Å²) in [5.74, 6) is -3.07. The fraction of sp³-hybridized carbons (Fsp3) is 0.281. The first kappa shape index (κ1) is 35.9. The number of thiazole rings is 1. The van der Waals surface area contributed by atoms with Gasteiger partial charge in [0.15, 0.2) is 0 Å². The van der Waals surface area contributed by atoms with Crippen molar-refractivity contribution >= 4 is 39.1 Å². The number of carbonyl (C=O) groups is 2. The van der Waals surface area contributed by atoms with Crippen molar-refractivity contribution in [2.75, 3.05) is 20.2 Å². The number of nitrogens with one attached hydrogen (secondary N) is 2. The van der Waals surface area contributed by atoms with Crippen molar-refractivity contribution in [1.82, 2.24) is 20.5 Å². The van der Waals surface area contributed by atoms with E-state index in [1.165, 1.54) is 40.5 Å². The van der Waals surface area contributed by atoms with Crippen LogP contribution in [0.5, 0.6) is 5.75 Å². The highest BCUT2D eigenvalue weighted by molar-refractivity contribution is 9.10. The lowest BCUT2D eigenvalue weighted by Crippen LogP contribution is -2.50. The molecule has 1 aromatic heterocycles. The van der Waals surface area contributed by atoms with E-state index in [-0.39, 0.29) is 42.4 Å². The number of amides is 2. The number of benzene rings is 3. The molecular weight excluding hydrogens is 711 g/mol. The second-order valence-corrected chi connectivity index (χ2v) is 12.5. The Morgan fingerprint density at radius 1 is 1.06 bits per heavy atom. The fourth-order valence-corrected chi connectivity index (χ4v) is 5.79. The smallest absolute Gasteiger partial charge is 0.416 e. The molecule has 4 rings (SSSR count). The lowest BCUT2D eigenvalue weighted by Gasteiger charge is -2.25. The van der Waals surface area contributed by atoms with Gasteiger partial charge < -0.3 is 25.4 Å². The number of carbonyl (C=O) groups excluding carboxylic acids is 2. The molecule has 3 N–H and O–H groups in total. The highest BCUT2D eigenvalue weighted by Crippen LogP contribution is 2.29. The number of nitrogens with zero attached hydrogens (tertiary/aromatic N) is 2. The molecule has 0 unspecified atom stereocenters. The monoisotopic (exact) mass is 740 g/mol. The van der Waals surface area contributed by atoms with Gasteiger partial charge in [-0.2, -0.15) is 13.2 Å². The van der Waals surface area contributed by atoms with Gasteiger partial charge in [-0.25, -0.2) is 13.8 Å². The summed E-state index contributed by atoms with van der Waals surface area (Å²) >= 11 is 4.74. The standard InChI is InChI=1S/C32H30BrF5N4O4S/c1-18-17-47-29(40-18)15-42(2)31(45)21-7-20(8-23(33)9-21)30(44)41-27(16-46-26-11-24(34)10-25(35)12-26)28(43)14-39-13-19-4-3-5-22(6-19)32(36,37)38/h3-12,17,27-28,39,43H,13-16H2,1-2H3,(H,41,44)/t27-,28+/m0/s1. The van der Waals surface area contributed by atoms with Crippen molar-refractivity contribution in [2.45, 2.75) is 38.3 Å². The molecular formula is C32H30BrF5N4O4S. The molecule has 3 aromatic carbocycles. The van der Waals surface area contributed by atoms with Gasteiger partial charge in [-0.05, 0) is 36.8 Å². The minimum Gasteiger partial charge on any atom is -0.491 e. The summed E-state index contributed by atoms with van der Waals surface area (Å²) in [4.78, 5) is 32.4. The lowest BCUT2D eigenvalue weighted by atomic mass is 10.1. The first-order valence-electron chi connectivity index (χ1n) is 14.1. The minimum atomic E-state index is -4.52. The molecule has 0 fully saturated rings. The first-order chi connectivity index (χ1) is 22.2. The van der Waals surface area contributed by atoms with Gasteiger partial charge >= 0.3 is 6.18 Å². The van der Waals surface area contributed by atoms with Crippen LogP contribution in [-0.4, -0.2) is 59.1 Å². The van der Waals surface area contributed by atoms with Crippen LogP contribution in [0.15, 0.2) is 70.5 Å². The largest absolute Gasteiger partial charge is 0.491 e. The number of rotatable bonds is 13. The number of aryl methyl sites for hydroxylation is 1. The summed E-state index contributed by atoms with van der Waals surface area (Å²) in [5.41, 5.74) is 0.579. The Labute approximate surface area is 279 Å². The van der Waals surface area contributed by atoms with E-state index in [1.54, 1.807) is 13.1 Å². The van der Waals surface area contributed by atoms with Gasteiger partial charge in [-0.3, -0.25) is 9.59 Å². The highest BCUT2D eigenvalue weighted by atomic mass is 79.9. The van der Waals surface area contributed by atoms with E-state index in [0.717, 1.165) is 35.0 Å². The predicted octanol–water partition coefficient (Wildman–Crippen LogP) is 6.11. The number of hydrogen-bond acceptors (Lipinski definition) is 7. The average Bonchev–Trinajstić information content (AvgIpc) is 3.41. The number of ether oxygens (including phenoxy) is 1. The Bertz CT molecular complexity index is 1700. The van der Waals surface area contributed by atoms with Gasteiger partial charge in [-0.15, -0.1) is 11.3 Å². The van der Waals surface area contributed by atoms with Crippen molar-refractivity contribution in [3.8, 4) is 5.75 Å². The summed E-state index contributed by atoms with van der Waals surface area (Å²) < 4.78 is 72.7. The Hall–Kier alpha value is -3.92. The third-order valence-electron chi connectivity index (χ3n) is 6.78. The summed E-state index contributed by atoms with van der Waals surface area (Å²) in [7, 11) is 1.60. The third-order valence-corrected chi connectivity index (χ3v) is 8.19. The molecule has 0 aliphatic rings. The van der Waals surface area contributed by atoms with Crippen molar-refractivity contribution < 1.29 is 41.4 Å². The number of halogens is 6. The Morgan fingerprint density at radius 3 is 2.43 bits per heavy atom. The van der Waals surface area contributed by atoms with Crippen LogP contribution in [0.4, 0.5) is 22.0 Å².